The van der Waals surface area contributed by atoms with Crippen LogP contribution in [0.5, 0.6) is 5.75 Å². The molecule has 0 saturated carbocycles. The number of rotatable bonds is 9. The topological polar surface area (TPSA) is 82.2 Å². The molecule has 1 saturated heterocycles. The van der Waals surface area contributed by atoms with Gasteiger partial charge in [-0.3, -0.25) is 14.4 Å². The minimum absolute atomic E-state index is 0.108. The molecule has 226 valence electrons. The van der Waals surface area contributed by atoms with Gasteiger partial charge in [0.2, 0.25) is 5.91 Å². The second-order valence-corrected chi connectivity index (χ2v) is 10.4. The van der Waals surface area contributed by atoms with Crippen LogP contribution in [-0.4, -0.2) is 67.4 Å². The Morgan fingerprint density at radius 2 is 1.48 bits per heavy atom. The molecule has 1 fully saturated rings. The van der Waals surface area contributed by atoms with E-state index in [-0.39, 0.29) is 36.6 Å². The lowest BCUT2D eigenvalue weighted by atomic mass is 10.1. The van der Waals surface area contributed by atoms with E-state index in [9.17, 15) is 23.2 Å². The first-order valence-electron chi connectivity index (χ1n) is 14.2. The molecule has 5 rings (SSSR count). The van der Waals surface area contributed by atoms with Crippen LogP contribution in [0.15, 0.2) is 97.1 Å². The van der Waals surface area contributed by atoms with E-state index in [1.807, 2.05) is 12.1 Å². The zero-order valence-electron chi connectivity index (χ0n) is 24.2. The lowest BCUT2D eigenvalue weighted by molar-refractivity contribution is -0.117. The van der Waals surface area contributed by atoms with Gasteiger partial charge in [0.1, 0.15) is 23.9 Å². The number of amides is 3. The van der Waals surface area contributed by atoms with Crippen molar-refractivity contribution in [2.75, 3.05) is 50.1 Å². The second-order valence-electron chi connectivity index (χ2n) is 10.4. The predicted molar refractivity (Wildman–Crippen MR) is 164 cm³/mol. The van der Waals surface area contributed by atoms with Crippen molar-refractivity contribution in [3.05, 3.63) is 125 Å². The molecule has 10 heteroatoms. The highest BCUT2D eigenvalue weighted by atomic mass is 19.1. The Kier molecular flexibility index (Phi) is 9.49. The molecule has 44 heavy (non-hydrogen) atoms. The summed E-state index contributed by atoms with van der Waals surface area (Å²) in [7, 11) is 1.51. The third kappa shape index (κ3) is 7.57. The molecule has 0 unspecified atom stereocenters. The number of nitrogens with zero attached hydrogens (tertiary/aromatic N) is 3. The van der Waals surface area contributed by atoms with Gasteiger partial charge in [0, 0.05) is 55.2 Å². The summed E-state index contributed by atoms with van der Waals surface area (Å²) in [5.41, 5.74) is 2.88. The summed E-state index contributed by atoms with van der Waals surface area (Å²) in [6.45, 7) is 2.10. The average molecular weight is 599 g/mol. The van der Waals surface area contributed by atoms with Gasteiger partial charge in [0.05, 0.1) is 7.11 Å². The fourth-order valence-corrected chi connectivity index (χ4v) is 5.05. The number of methoxy groups -OCH3 is 1. The van der Waals surface area contributed by atoms with Gasteiger partial charge in [-0.05, 0) is 78.4 Å². The fraction of sp³-hybridized carbons (Fsp3) is 0.206. The van der Waals surface area contributed by atoms with Crippen molar-refractivity contribution in [3.8, 4) is 5.75 Å². The van der Waals surface area contributed by atoms with E-state index in [2.05, 4.69) is 10.2 Å². The summed E-state index contributed by atoms with van der Waals surface area (Å²) in [5, 5.41) is 2.85. The Balaban J connectivity index is 1.20. The smallest absolute Gasteiger partial charge is 0.254 e. The number of anilines is 2. The molecule has 3 amide bonds. The van der Waals surface area contributed by atoms with Crippen LogP contribution in [0.4, 0.5) is 20.2 Å². The van der Waals surface area contributed by atoms with Crippen molar-refractivity contribution >= 4 is 29.1 Å². The maximum absolute atomic E-state index is 13.5. The number of ether oxygens (including phenoxy) is 1. The van der Waals surface area contributed by atoms with Gasteiger partial charge in [-0.1, -0.05) is 24.3 Å². The molecule has 0 bridgehead atoms. The molecule has 4 aromatic rings. The summed E-state index contributed by atoms with van der Waals surface area (Å²) < 4.78 is 32.3. The van der Waals surface area contributed by atoms with E-state index in [0.717, 1.165) is 5.69 Å². The van der Waals surface area contributed by atoms with E-state index in [1.165, 1.54) is 42.3 Å². The minimum atomic E-state index is -0.439. The van der Waals surface area contributed by atoms with E-state index in [1.54, 1.807) is 59.5 Å². The largest absolute Gasteiger partial charge is 0.497 e. The molecule has 0 aromatic heterocycles. The van der Waals surface area contributed by atoms with Crippen LogP contribution < -0.4 is 15.0 Å². The zero-order chi connectivity index (χ0) is 31.1. The Morgan fingerprint density at radius 3 is 2.16 bits per heavy atom. The van der Waals surface area contributed by atoms with E-state index in [4.69, 9.17) is 4.74 Å². The first-order valence-corrected chi connectivity index (χ1v) is 14.2. The van der Waals surface area contributed by atoms with Crippen LogP contribution in [0, 0.1) is 11.6 Å². The number of carbonyl (C=O) groups is 3. The molecule has 0 spiro atoms. The van der Waals surface area contributed by atoms with Crippen LogP contribution in [0.2, 0.25) is 0 Å². The third-order valence-corrected chi connectivity index (χ3v) is 7.38. The maximum Gasteiger partial charge on any atom is 0.254 e. The Labute approximate surface area is 254 Å². The summed E-state index contributed by atoms with van der Waals surface area (Å²) in [6, 6.07) is 25.5. The lowest BCUT2D eigenvalue weighted by Crippen LogP contribution is -2.48. The van der Waals surface area contributed by atoms with Crippen molar-refractivity contribution in [1.29, 1.82) is 0 Å². The van der Waals surface area contributed by atoms with Crippen LogP contribution in [0.3, 0.4) is 0 Å². The van der Waals surface area contributed by atoms with Crippen molar-refractivity contribution in [2.45, 2.75) is 6.54 Å². The number of hydrogen-bond donors (Lipinski definition) is 1. The molecule has 1 N–H and O–H groups in total. The number of nitrogens with one attached hydrogen (secondary N) is 1. The standard InChI is InChI=1S/C34H32F2N4O4/c1-44-31-7-3-5-26(21-31)34(43)40(22-24-8-10-27(35)11-9-24)23-32(41)37-29-12-14-30(15-13-29)38-16-18-39(19-17-38)33(42)25-4-2-6-28(36)20-25/h2-15,20-21H,16-19,22-23H2,1H3,(H,37,41). The zero-order valence-corrected chi connectivity index (χ0v) is 24.2. The summed E-state index contributed by atoms with van der Waals surface area (Å²) in [4.78, 5) is 44.5. The molecule has 1 aliphatic rings. The molecule has 4 aromatic carbocycles. The predicted octanol–water partition coefficient (Wildman–Crippen LogP) is 5.22. The van der Waals surface area contributed by atoms with Gasteiger partial charge in [0.25, 0.3) is 11.8 Å². The number of hydrogen-bond acceptors (Lipinski definition) is 5. The van der Waals surface area contributed by atoms with Crippen LogP contribution in [0.25, 0.3) is 0 Å². The van der Waals surface area contributed by atoms with Crippen LogP contribution >= 0.6 is 0 Å². The quantitative estimate of drug-likeness (QED) is 0.286. The van der Waals surface area contributed by atoms with Crippen molar-refractivity contribution < 1.29 is 27.9 Å². The molecule has 1 aliphatic heterocycles. The normalized spacial score (nSPS) is 12.9. The molecule has 0 aliphatic carbocycles. The second kappa shape index (κ2) is 13.8. The molecule has 0 atom stereocenters. The first-order chi connectivity index (χ1) is 21.3. The molecular formula is C34H32F2N4O4. The fourth-order valence-electron chi connectivity index (χ4n) is 5.05. The Bertz CT molecular complexity index is 1620. The average Bonchev–Trinajstić information content (AvgIpc) is 3.05. The van der Waals surface area contributed by atoms with Gasteiger partial charge in [0.15, 0.2) is 0 Å². The van der Waals surface area contributed by atoms with Gasteiger partial charge < -0.3 is 24.8 Å². The highest BCUT2D eigenvalue weighted by Crippen LogP contribution is 2.21. The monoisotopic (exact) mass is 598 g/mol. The first kappa shape index (κ1) is 30.2. The van der Waals surface area contributed by atoms with Gasteiger partial charge in [-0.15, -0.1) is 0 Å². The SMILES string of the molecule is COc1cccc(C(=O)N(CC(=O)Nc2ccc(N3CCN(C(=O)c4cccc(F)c4)CC3)cc2)Cc2ccc(F)cc2)c1. The Morgan fingerprint density at radius 1 is 0.795 bits per heavy atom. The minimum Gasteiger partial charge on any atom is -0.497 e. The Hall–Kier alpha value is -5.25. The number of carbonyl (C=O) groups excluding carboxylic acids is 3. The summed E-state index contributed by atoms with van der Waals surface area (Å²) in [6.07, 6.45) is 0. The maximum atomic E-state index is 13.5. The van der Waals surface area contributed by atoms with Gasteiger partial charge in [-0.2, -0.15) is 0 Å². The van der Waals surface area contributed by atoms with E-state index in [0.29, 0.717) is 54.3 Å². The third-order valence-electron chi connectivity index (χ3n) is 7.38. The molecular weight excluding hydrogens is 566 g/mol. The summed E-state index contributed by atoms with van der Waals surface area (Å²) in [5.74, 6) is -1.26. The van der Waals surface area contributed by atoms with Crippen molar-refractivity contribution in [1.82, 2.24) is 9.80 Å². The molecule has 1 heterocycles. The van der Waals surface area contributed by atoms with E-state index >= 15 is 0 Å². The van der Waals surface area contributed by atoms with Crippen LogP contribution in [0.1, 0.15) is 26.3 Å². The summed E-state index contributed by atoms with van der Waals surface area (Å²) >= 11 is 0. The lowest BCUT2D eigenvalue weighted by Gasteiger charge is -2.36. The van der Waals surface area contributed by atoms with Gasteiger partial charge in [-0.25, -0.2) is 8.78 Å². The highest BCUT2D eigenvalue weighted by Gasteiger charge is 2.23. The molecule has 0 radical (unpaired) electrons. The van der Waals surface area contributed by atoms with Crippen LogP contribution in [-0.2, 0) is 11.3 Å². The number of piperazine rings is 1. The van der Waals surface area contributed by atoms with Crippen molar-refractivity contribution in [3.63, 3.8) is 0 Å². The van der Waals surface area contributed by atoms with E-state index < -0.39 is 5.82 Å². The number of halogens is 2. The van der Waals surface area contributed by atoms with Gasteiger partial charge >= 0.3 is 0 Å². The highest BCUT2D eigenvalue weighted by molar-refractivity contribution is 5.99. The van der Waals surface area contributed by atoms with Crippen molar-refractivity contribution in [2.24, 2.45) is 0 Å². The number of benzene rings is 4. The molecule has 8 nitrogen and oxygen atoms in total.